The summed E-state index contributed by atoms with van der Waals surface area (Å²) in [6.07, 6.45) is 3.56. The quantitative estimate of drug-likeness (QED) is 0.906. The lowest BCUT2D eigenvalue weighted by atomic mass is 10.1. The van der Waals surface area contributed by atoms with E-state index in [1.165, 1.54) is 18.5 Å². The third kappa shape index (κ3) is 2.13. The highest BCUT2D eigenvalue weighted by Gasteiger charge is 2.22. The molecule has 1 heterocycles. The molecule has 94 valence electrons. The van der Waals surface area contributed by atoms with Crippen LogP contribution < -0.4 is 5.32 Å². The molecule has 0 spiro atoms. The van der Waals surface area contributed by atoms with Crippen LogP contribution in [-0.2, 0) is 6.54 Å². The van der Waals surface area contributed by atoms with Crippen LogP contribution in [0.5, 0.6) is 0 Å². The first-order valence-electron chi connectivity index (χ1n) is 5.86. The predicted octanol–water partition coefficient (Wildman–Crippen LogP) is 2.87. The Morgan fingerprint density at radius 3 is 2.94 bits per heavy atom. The van der Waals surface area contributed by atoms with Gasteiger partial charge in [-0.25, -0.2) is 13.8 Å². The molecule has 2 aromatic rings. The summed E-state index contributed by atoms with van der Waals surface area (Å²) in [4.78, 5) is 4.04. The fraction of sp³-hybridized carbons (Fsp3) is 0.308. The van der Waals surface area contributed by atoms with Crippen molar-refractivity contribution in [1.29, 1.82) is 0 Å². The van der Waals surface area contributed by atoms with Crippen molar-refractivity contribution in [2.45, 2.75) is 25.4 Å². The average Bonchev–Trinajstić information content (AvgIpc) is 3.08. The van der Waals surface area contributed by atoms with E-state index < -0.39 is 11.6 Å². The molecule has 0 radical (unpaired) electrons. The summed E-state index contributed by atoms with van der Waals surface area (Å²) in [5.74, 6) is -1.49. The zero-order valence-electron chi connectivity index (χ0n) is 9.62. The first-order valence-corrected chi connectivity index (χ1v) is 5.86. The van der Waals surface area contributed by atoms with Crippen LogP contribution in [-0.4, -0.2) is 11.0 Å². The van der Waals surface area contributed by atoms with Crippen LogP contribution >= 0.6 is 0 Å². The van der Waals surface area contributed by atoms with Crippen LogP contribution in [0, 0.1) is 11.6 Å². The number of benzene rings is 1. The van der Waals surface area contributed by atoms with Crippen LogP contribution in [0.15, 0.2) is 29.0 Å². The van der Waals surface area contributed by atoms with Crippen LogP contribution in [0.3, 0.4) is 0 Å². The van der Waals surface area contributed by atoms with Crippen molar-refractivity contribution in [2.24, 2.45) is 0 Å². The maximum absolute atomic E-state index is 13.7. The van der Waals surface area contributed by atoms with Gasteiger partial charge in [-0.05, 0) is 25.0 Å². The Morgan fingerprint density at radius 1 is 1.33 bits per heavy atom. The molecule has 1 aliphatic carbocycles. The van der Waals surface area contributed by atoms with Gasteiger partial charge in [0, 0.05) is 12.6 Å². The normalized spacial score (nSPS) is 15.0. The second-order valence-electron chi connectivity index (χ2n) is 4.38. The standard InChI is InChI=1S/C13H12F2N2O/c14-10-3-1-2-9(12(10)15)13-11(17-7-18-13)6-16-8-4-5-8/h1-3,7-8,16H,4-6H2. The fourth-order valence-corrected chi connectivity index (χ4v) is 1.82. The van der Waals surface area contributed by atoms with Crippen LogP contribution in [0.2, 0.25) is 0 Å². The number of nitrogens with zero attached hydrogens (tertiary/aromatic N) is 1. The van der Waals surface area contributed by atoms with E-state index in [0.29, 0.717) is 24.0 Å². The van der Waals surface area contributed by atoms with Gasteiger partial charge in [0.15, 0.2) is 23.8 Å². The number of hydrogen-bond acceptors (Lipinski definition) is 3. The Kier molecular flexibility index (Phi) is 2.83. The highest BCUT2D eigenvalue weighted by atomic mass is 19.2. The summed E-state index contributed by atoms with van der Waals surface area (Å²) in [5, 5.41) is 3.26. The minimum atomic E-state index is -0.901. The van der Waals surface area contributed by atoms with Gasteiger partial charge in [0.25, 0.3) is 0 Å². The molecule has 0 bridgehead atoms. The molecule has 1 fully saturated rings. The van der Waals surface area contributed by atoms with E-state index >= 15 is 0 Å². The van der Waals surface area contributed by atoms with Gasteiger partial charge in [-0.3, -0.25) is 0 Å². The molecule has 5 heteroatoms. The monoisotopic (exact) mass is 250 g/mol. The Morgan fingerprint density at radius 2 is 2.17 bits per heavy atom. The molecule has 3 nitrogen and oxygen atoms in total. The summed E-state index contributed by atoms with van der Waals surface area (Å²) in [5.41, 5.74) is 0.714. The largest absolute Gasteiger partial charge is 0.443 e. The molecule has 0 saturated heterocycles. The van der Waals surface area contributed by atoms with Crippen molar-refractivity contribution in [2.75, 3.05) is 0 Å². The van der Waals surface area contributed by atoms with Gasteiger partial charge in [-0.1, -0.05) is 6.07 Å². The van der Waals surface area contributed by atoms with E-state index in [2.05, 4.69) is 10.3 Å². The molecule has 3 rings (SSSR count). The summed E-state index contributed by atoms with van der Waals surface area (Å²) in [6, 6.07) is 4.54. The van der Waals surface area contributed by atoms with Gasteiger partial charge in [0.2, 0.25) is 0 Å². The second-order valence-corrected chi connectivity index (χ2v) is 4.38. The summed E-state index contributed by atoms with van der Waals surface area (Å²) < 4.78 is 32.0. The van der Waals surface area contributed by atoms with E-state index in [-0.39, 0.29) is 5.56 Å². The molecule has 0 aliphatic heterocycles. The average molecular weight is 250 g/mol. The van der Waals surface area contributed by atoms with E-state index in [0.717, 1.165) is 18.9 Å². The van der Waals surface area contributed by atoms with E-state index in [1.807, 2.05) is 0 Å². The Hall–Kier alpha value is -1.75. The topological polar surface area (TPSA) is 38.1 Å². The lowest BCUT2D eigenvalue weighted by Gasteiger charge is -2.04. The number of hydrogen-bond donors (Lipinski definition) is 1. The second kappa shape index (κ2) is 4.49. The third-order valence-corrected chi connectivity index (χ3v) is 2.97. The SMILES string of the molecule is Fc1cccc(-c2ocnc2CNC2CC2)c1F. The molecular weight excluding hydrogens is 238 g/mol. The first-order chi connectivity index (χ1) is 8.75. The maximum atomic E-state index is 13.7. The van der Waals surface area contributed by atoms with Crippen molar-refractivity contribution in [3.63, 3.8) is 0 Å². The highest BCUT2D eigenvalue weighted by molar-refractivity contribution is 5.60. The minimum absolute atomic E-state index is 0.111. The van der Waals surface area contributed by atoms with E-state index in [9.17, 15) is 8.78 Å². The van der Waals surface area contributed by atoms with Crippen LogP contribution in [0.1, 0.15) is 18.5 Å². The molecule has 0 amide bonds. The zero-order chi connectivity index (χ0) is 12.5. The number of nitrogens with one attached hydrogen (secondary N) is 1. The van der Waals surface area contributed by atoms with Gasteiger partial charge in [0.05, 0.1) is 5.56 Å². The molecular formula is C13H12F2N2O. The lowest BCUT2D eigenvalue weighted by molar-refractivity contribution is 0.503. The summed E-state index contributed by atoms with van der Waals surface area (Å²) in [6.45, 7) is 0.506. The zero-order valence-corrected chi connectivity index (χ0v) is 9.62. The van der Waals surface area contributed by atoms with Gasteiger partial charge in [0.1, 0.15) is 5.69 Å². The highest BCUT2D eigenvalue weighted by Crippen LogP contribution is 2.28. The molecule has 0 atom stereocenters. The lowest BCUT2D eigenvalue weighted by Crippen LogP contribution is -2.16. The molecule has 0 unspecified atom stereocenters. The van der Waals surface area contributed by atoms with Crippen molar-refractivity contribution in [3.05, 3.63) is 41.9 Å². The van der Waals surface area contributed by atoms with E-state index in [1.54, 1.807) is 0 Å². The molecule has 1 aromatic carbocycles. The molecule has 1 N–H and O–H groups in total. The van der Waals surface area contributed by atoms with Gasteiger partial charge >= 0.3 is 0 Å². The van der Waals surface area contributed by atoms with Crippen molar-refractivity contribution >= 4 is 0 Å². The van der Waals surface area contributed by atoms with Gasteiger partial charge < -0.3 is 9.73 Å². The van der Waals surface area contributed by atoms with Crippen molar-refractivity contribution in [3.8, 4) is 11.3 Å². The molecule has 1 aromatic heterocycles. The predicted molar refractivity (Wildman–Crippen MR) is 61.7 cm³/mol. The number of aromatic nitrogens is 1. The van der Waals surface area contributed by atoms with Crippen LogP contribution in [0.25, 0.3) is 11.3 Å². The fourth-order valence-electron chi connectivity index (χ4n) is 1.82. The Balaban J connectivity index is 1.90. The maximum Gasteiger partial charge on any atom is 0.181 e. The van der Waals surface area contributed by atoms with Crippen molar-refractivity contribution < 1.29 is 13.2 Å². The number of rotatable bonds is 4. The Bertz CT molecular complexity index is 564. The third-order valence-electron chi connectivity index (χ3n) is 2.97. The Labute approximate surface area is 103 Å². The summed E-state index contributed by atoms with van der Waals surface area (Å²) in [7, 11) is 0. The number of halogens is 2. The van der Waals surface area contributed by atoms with Crippen molar-refractivity contribution in [1.82, 2.24) is 10.3 Å². The van der Waals surface area contributed by atoms with Gasteiger partial charge in [-0.15, -0.1) is 0 Å². The molecule has 1 aliphatic rings. The number of oxazole rings is 1. The smallest absolute Gasteiger partial charge is 0.181 e. The molecule has 18 heavy (non-hydrogen) atoms. The first kappa shape index (κ1) is 11.3. The summed E-state index contributed by atoms with van der Waals surface area (Å²) >= 11 is 0. The minimum Gasteiger partial charge on any atom is -0.443 e. The molecule has 1 saturated carbocycles. The van der Waals surface area contributed by atoms with E-state index in [4.69, 9.17) is 4.42 Å². The van der Waals surface area contributed by atoms with Gasteiger partial charge in [-0.2, -0.15) is 0 Å². The van der Waals surface area contributed by atoms with Crippen LogP contribution in [0.4, 0.5) is 8.78 Å².